The van der Waals surface area contributed by atoms with E-state index in [1.807, 2.05) is 30.5 Å². The van der Waals surface area contributed by atoms with Crippen LogP contribution in [0.15, 0.2) is 66.4 Å². The van der Waals surface area contributed by atoms with Gasteiger partial charge in [-0.1, -0.05) is 25.7 Å². The Morgan fingerprint density at radius 2 is 2.11 bits per heavy atom. The fraction of sp³-hybridized carbons (Fsp3) is 0.172. The number of aromatic amines is 2. The largest absolute Gasteiger partial charge is 0.358 e. The van der Waals surface area contributed by atoms with E-state index in [2.05, 4.69) is 54.0 Å². The quantitative estimate of drug-likeness (QED) is 0.251. The maximum atomic E-state index is 16.2. The zero-order valence-corrected chi connectivity index (χ0v) is 21.7. The third-order valence-electron chi connectivity index (χ3n) is 7.01. The highest BCUT2D eigenvalue weighted by atomic mass is 32.1. The molecule has 9 heteroatoms. The van der Waals surface area contributed by atoms with E-state index in [0.717, 1.165) is 40.9 Å². The van der Waals surface area contributed by atoms with Gasteiger partial charge in [0.1, 0.15) is 11.5 Å². The number of imidazole rings is 1. The molecule has 5 heterocycles. The van der Waals surface area contributed by atoms with Gasteiger partial charge < -0.3 is 10.3 Å². The lowest BCUT2D eigenvalue weighted by Gasteiger charge is -2.28. The summed E-state index contributed by atoms with van der Waals surface area (Å²) in [6.45, 7) is 10.0. The number of nitrogens with one attached hydrogen (secondary N) is 3. The van der Waals surface area contributed by atoms with Crippen LogP contribution in [0, 0.1) is 5.92 Å². The van der Waals surface area contributed by atoms with Crippen LogP contribution in [0.3, 0.4) is 0 Å². The lowest BCUT2D eigenvalue weighted by molar-refractivity contribution is 0.371. The second kappa shape index (κ2) is 9.83. The molecule has 0 amide bonds. The third-order valence-corrected chi connectivity index (χ3v) is 7.69. The average molecular weight is 524 g/mol. The summed E-state index contributed by atoms with van der Waals surface area (Å²) in [5.74, 6) is 0.382. The number of hydrogen-bond donors (Lipinski definition) is 3. The number of fused-ring (bicyclic) bond motifs is 1. The molecular weight excluding hydrogens is 497 g/mol. The van der Waals surface area contributed by atoms with Gasteiger partial charge in [-0.2, -0.15) is 16.4 Å². The molecule has 1 fully saturated rings. The van der Waals surface area contributed by atoms with Crippen molar-refractivity contribution in [1.29, 1.82) is 0 Å². The molecule has 6 rings (SSSR count). The lowest BCUT2D eigenvalue weighted by Crippen LogP contribution is -2.26. The standard InChI is InChI=1S/C29H26FN7S/c1-4-23-24(25(30)16(2)20-12-21(14-31-13-20)33-17(3)18-6-5-7-18)27(37-36-23)29-34-26-22(19-9-11-38-15-19)8-10-32-28(26)35-29/h4,8-15,18,33,36H,2-3,5-7H2,1H3,(H,32,34,35)/b23-4+,25-24-. The van der Waals surface area contributed by atoms with Crippen LogP contribution >= 0.6 is 11.3 Å². The molecule has 0 bridgehead atoms. The molecule has 1 aliphatic rings. The Morgan fingerprint density at radius 3 is 2.84 bits per heavy atom. The number of hydrogen-bond acceptors (Lipinski definition) is 6. The highest BCUT2D eigenvalue weighted by molar-refractivity contribution is 7.08. The molecular formula is C29H26FN7S. The number of aromatic nitrogens is 6. The maximum Gasteiger partial charge on any atom is 0.178 e. The van der Waals surface area contributed by atoms with Gasteiger partial charge >= 0.3 is 0 Å². The minimum Gasteiger partial charge on any atom is -0.358 e. The van der Waals surface area contributed by atoms with Crippen molar-refractivity contribution in [3.8, 4) is 22.6 Å². The van der Waals surface area contributed by atoms with Crippen LogP contribution in [0.1, 0.15) is 31.7 Å². The Morgan fingerprint density at radius 1 is 1.24 bits per heavy atom. The Bertz CT molecular complexity index is 1790. The van der Waals surface area contributed by atoms with Gasteiger partial charge in [-0.3, -0.25) is 10.1 Å². The van der Waals surface area contributed by atoms with Crippen molar-refractivity contribution in [2.45, 2.75) is 26.2 Å². The van der Waals surface area contributed by atoms with E-state index in [1.54, 1.807) is 36.0 Å². The molecule has 190 valence electrons. The minimum atomic E-state index is -0.509. The number of H-pyrrole nitrogens is 2. The van der Waals surface area contributed by atoms with Crippen LogP contribution in [-0.4, -0.2) is 30.1 Å². The van der Waals surface area contributed by atoms with Crippen molar-refractivity contribution in [1.82, 2.24) is 30.1 Å². The summed E-state index contributed by atoms with van der Waals surface area (Å²) in [6.07, 6.45) is 10.3. The molecule has 38 heavy (non-hydrogen) atoms. The highest BCUT2D eigenvalue weighted by Gasteiger charge is 2.21. The van der Waals surface area contributed by atoms with Crippen molar-refractivity contribution < 1.29 is 4.39 Å². The normalized spacial score (nSPS) is 14.9. The van der Waals surface area contributed by atoms with E-state index in [-0.39, 0.29) is 10.8 Å². The molecule has 5 aromatic heterocycles. The first-order chi connectivity index (χ1) is 18.5. The minimum absolute atomic E-state index is 0.203. The molecule has 1 saturated carbocycles. The van der Waals surface area contributed by atoms with Crippen molar-refractivity contribution in [3.05, 3.63) is 82.5 Å². The van der Waals surface area contributed by atoms with E-state index in [0.29, 0.717) is 34.0 Å². The van der Waals surface area contributed by atoms with Crippen molar-refractivity contribution in [3.63, 3.8) is 0 Å². The Hall–Kier alpha value is -4.37. The fourth-order valence-electron chi connectivity index (χ4n) is 4.63. The number of rotatable bonds is 7. The van der Waals surface area contributed by atoms with Gasteiger partial charge in [-0.15, -0.1) is 0 Å². The molecule has 3 N–H and O–H groups in total. The summed E-state index contributed by atoms with van der Waals surface area (Å²) < 4.78 is 16.2. The Kier molecular flexibility index (Phi) is 6.21. The Balaban J connectivity index is 1.41. The zero-order valence-electron chi connectivity index (χ0n) is 20.9. The van der Waals surface area contributed by atoms with Crippen LogP contribution in [0.2, 0.25) is 0 Å². The number of halogens is 1. The van der Waals surface area contributed by atoms with E-state index in [1.165, 1.54) is 6.42 Å². The van der Waals surface area contributed by atoms with Gasteiger partial charge in [0.25, 0.3) is 0 Å². The summed E-state index contributed by atoms with van der Waals surface area (Å²) in [5, 5.41) is 15.6. The summed E-state index contributed by atoms with van der Waals surface area (Å²) >= 11 is 1.62. The summed E-state index contributed by atoms with van der Waals surface area (Å²) in [6, 6.07) is 5.82. The molecule has 7 nitrogen and oxygen atoms in total. The molecule has 1 aliphatic carbocycles. The zero-order chi connectivity index (χ0) is 26.2. The smallest absolute Gasteiger partial charge is 0.178 e. The SMILES string of the molecule is C=C(/C(F)=c1/c(-c2nc3nccc(-c4ccsc4)c3[nH]2)n[nH]/c1=C/C)c1cncc(NC(=C)C2CCC2)c1. The van der Waals surface area contributed by atoms with Gasteiger partial charge in [-0.05, 0) is 60.2 Å². The third kappa shape index (κ3) is 4.24. The van der Waals surface area contributed by atoms with E-state index in [4.69, 9.17) is 0 Å². The number of nitrogens with zero attached hydrogens (tertiary/aromatic N) is 4. The van der Waals surface area contributed by atoms with E-state index in [9.17, 15) is 0 Å². The Labute approximate surface area is 222 Å². The summed E-state index contributed by atoms with van der Waals surface area (Å²) in [4.78, 5) is 16.7. The van der Waals surface area contributed by atoms with E-state index >= 15 is 4.39 Å². The highest BCUT2D eigenvalue weighted by Crippen LogP contribution is 2.33. The number of allylic oxidation sites excluding steroid dienone is 2. The average Bonchev–Trinajstić information content (AvgIpc) is 3.65. The molecule has 5 aromatic rings. The van der Waals surface area contributed by atoms with Crippen LogP contribution in [-0.2, 0) is 0 Å². The van der Waals surface area contributed by atoms with Crippen molar-refractivity contribution in [2.75, 3.05) is 5.32 Å². The molecule has 0 saturated heterocycles. The first-order valence-electron chi connectivity index (χ1n) is 12.4. The first kappa shape index (κ1) is 24.0. The molecule has 0 aromatic carbocycles. The first-order valence-corrected chi connectivity index (χ1v) is 13.4. The van der Waals surface area contributed by atoms with E-state index < -0.39 is 5.83 Å². The summed E-state index contributed by atoms with van der Waals surface area (Å²) in [7, 11) is 0. The fourth-order valence-corrected chi connectivity index (χ4v) is 5.29. The van der Waals surface area contributed by atoms with Gasteiger partial charge in [0.2, 0.25) is 0 Å². The second-order valence-corrected chi connectivity index (χ2v) is 10.1. The lowest BCUT2D eigenvalue weighted by atomic mass is 9.83. The molecule has 0 unspecified atom stereocenters. The number of thiophene rings is 1. The maximum absolute atomic E-state index is 16.2. The molecule has 0 atom stereocenters. The van der Waals surface area contributed by atoms with Gasteiger partial charge in [0.05, 0.1) is 28.0 Å². The molecule has 0 aliphatic heterocycles. The summed E-state index contributed by atoms with van der Waals surface area (Å²) in [5.41, 5.74) is 6.18. The number of pyridine rings is 2. The monoisotopic (exact) mass is 523 g/mol. The number of anilines is 1. The van der Waals surface area contributed by atoms with Crippen LogP contribution in [0.25, 0.3) is 51.3 Å². The van der Waals surface area contributed by atoms with Gasteiger partial charge in [0, 0.05) is 34.8 Å². The van der Waals surface area contributed by atoms with Crippen LogP contribution < -0.4 is 15.9 Å². The second-order valence-electron chi connectivity index (χ2n) is 9.34. The molecule has 0 radical (unpaired) electrons. The topological polar surface area (TPSA) is 95.2 Å². The van der Waals surface area contributed by atoms with Crippen molar-refractivity contribution >= 4 is 45.7 Å². The predicted molar refractivity (Wildman–Crippen MR) is 152 cm³/mol. The van der Waals surface area contributed by atoms with Crippen LogP contribution in [0.5, 0.6) is 0 Å². The van der Waals surface area contributed by atoms with Gasteiger partial charge in [-0.25, -0.2) is 14.4 Å². The van der Waals surface area contributed by atoms with Gasteiger partial charge in [0.15, 0.2) is 11.5 Å². The van der Waals surface area contributed by atoms with Crippen molar-refractivity contribution in [2.24, 2.45) is 5.92 Å². The predicted octanol–water partition coefficient (Wildman–Crippen LogP) is 5.79. The van der Waals surface area contributed by atoms with Crippen LogP contribution in [0.4, 0.5) is 10.1 Å². The molecule has 0 spiro atoms.